The molecule has 1 fully saturated rings. The maximum atomic E-state index is 12.9. The van der Waals surface area contributed by atoms with E-state index in [1.54, 1.807) is 27.7 Å². The molecule has 1 saturated heterocycles. The van der Waals surface area contributed by atoms with Crippen LogP contribution in [-0.4, -0.2) is 64.3 Å². The highest BCUT2D eigenvalue weighted by molar-refractivity contribution is 5.87. The summed E-state index contributed by atoms with van der Waals surface area (Å²) in [5.74, 6) is -0.943. The number of hydrogen-bond donors (Lipinski definition) is 1. The summed E-state index contributed by atoms with van der Waals surface area (Å²) in [6, 6.07) is 2.65. The van der Waals surface area contributed by atoms with Crippen LogP contribution in [0.15, 0.2) is 18.2 Å². The van der Waals surface area contributed by atoms with Gasteiger partial charge in [0.25, 0.3) is 0 Å². The maximum Gasteiger partial charge on any atom is 0.573 e. The average Bonchev–Trinajstić information content (AvgIpc) is 3.10. The van der Waals surface area contributed by atoms with E-state index in [4.69, 9.17) is 14.2 Å². The van der Waals surface area contributed by atoms with Gasteiger partial charge in [0, 0.05) is 23.8 Å². The van der Waals surface area contributed by atoms with Gasteiger partial charge in [-0.15, -0.1) is 13.2 Å². The minimum Gasteiger partial charge on any atom is -0.483 e. The second kappa shape index (κ2) is 8.68. The fourth-order valence-electron chi connectivity index (χ4n) is 4.77. The van der Waals surface area contributed by atoms with Gasteiger partial charge in [0.05, 0.1) is 31.0 Å². The number of amides is 1. The monoisotopic (exact) mass is 512 g/mol. The number of alkyl halides is 3. The summed E-state index contributed by atoms with van der Waals surface area (Å²) < 4.78 is 59.0. The molecule has 0 saturated carbocycles. The van der Waals surface area contributed by atoms with Crippen LogP contribution >= 0.6 is 0 Å². The van der Waals surface area contributed by atoms with Gasteiger partial charge in [0.2, 0.25) is 0 Å². The number of likely N-dealkylation sites (tertiary alicyclic amines) is 1. The Morgan fingerprint density at radius 3 is 2.53 bits per heavy atom. The standard InChI is InChI=1S/C24H27F3N2O7/c1-12-19-18(14-8-13(34-24(25,26)27)6-7-15(14)28-12)17(30)10-23(35-19)9-16(20(31)33-5)29(11-23)21(32)36-22(2,3)4/h6-8,16-17,30H,9-11H2,1-5H3. The molecule has 1 aromatic carbocycles. The highest BCUT2D eigenvalue weighted by atomic mass is 19.4. The van der Waals surface area contributed by atoms with E-state index >= 15 is 0 Å². The van der Waals surface area contributed by atoms with Gasteiger partial charge in [-0.1, -0.05) is 0 Å². The number of aryl methyl sites for hydroxylation is 1. The number of fused-ring (bicyclic) bond motifs is 3. The molecule has 4 rings (SSSR count). The first-order valence-electron chi connectivity index (χ1n) is 11.3. The largest absolute Gasteiger partial charge is 0.573 e. The first-order valence-corrected chi connectivity index (χ1v) is 11.3. The first kappa shape index (κ1) is 25.8. The van der Waals surface area contributed by atoms with Crippen molar-refractivity contribution in [3.8, 4) is 11.5 Å². The molecule has 196 valence electrons. The normalized spacial score (nSPS) is 23.9. The van der Waals surface area contributed by atoms with E-state index in [9.17, 15) is 27.9 Å². The third-order valence-corrected chi connectivity index (χ3v) is 6.07. The van der Waals surface area contributed by atoms with Crippen LogP contribution in [0.1, 0.15) is 51.0 Å². The molecule has 2 aliphatic rings. The number of benzene rings is 1. The minimum absolute atomic E-state index is 0.0180. The quantitative estimate of drug-likeness (QED) is 0.598. The summed E-state index contributed by atoms with van der Waals surface area (Å²) in [6.45, 7) is 6.64. The molecule has 1 N–H and O–H groups in total. The Bertz CT molecular complexity index is 1210. The summed E-state index contributed by atoms with van der Waals surface area (Å²) >= 11 is 0. The summed E-state index contributed by atoms with van der Waals surface area (Å²) in [7, 11) is 1.20. The number of pyridine rings is 1. The van der Waals surface area contributed by atoms with Crippen molar-refractivity contribution in [1.29, 1.82) is 0 Å². The number of aliphatic hydroxyl groups is 1. The Labute approximate surface area is 205 Å². The molecule has 12 heteroatoms. The number of esters is 1. The second-order valence-electron chi connectivity index (χ2n) is 10.0. The van der Waals surface area contributed by atoms with Crippen molar-refractivity contribution in [2.45, 2.75) is 70.2 Å². The molecule has 1 amide bonds. The van der Waals surface area contributed by atoms with Crippen LogP contribution in [0.2, 0.25) is 0 Å². The lowest BCUT2D eigenvalue weighted by Crippen LogP contribution is -2.46. The molecule has 3 atom stereocenters. The van der Waals surface area contributed by atoms with Crippen LogP contribution in [0.4, 0.5) is 18.0 Å². The third kappa shape index (κ3) is 4.99. The Morgan fingerprint density at radius 2 is 1.92 bits per heavy atom. The number of methoxy groups -OCH3 is 1. The van der Waals surface area contributed by atoms with Crippen LogP contribution in [0.3, 0.4) is 0 Å². The molecule has 0 bridgehead atoms. The van der Waals surface area contributed by atoms with Crippen molar-refractivity contribution in [3.63, 3.8) is 0 Å². The number of hydrogen-bond acceptors (Lipinski definition) is 8. The Morgan fingerprint density at radius 1 is 1.22 bits per heavy atom. The highest BCUT2D eigenvalue weighted by Crippen LogP contribution is 2.49. The van der Waals surface area contributed by atoms with Crippen molar-refractivity contribution in [1.82, 2.24) is 9.88 Å². The molecule has 0 aliphatic carbocycles. The van der Waals surface area contributed by atoms with Crippen LogP contribution in [0, 0.1) is 6.92 Å². The Hall–Kier alpha value is -3.28. The van der Waals surface area contributed by atoms with Gasteiger partial charge in [-0.2, -0.15) is 0 Å². The number of aromatic nitrogens is 1. The highest BCUT2D eigenvalue weighted by Gasteiger charge is 2.55. The zero-order valence-electron chi connectivity index (χ0n) is 20.4. The van der Waals surface area contributed by atoms with Gasteiger partial charge in [-0.25, -0.2) is 14.6 Å². The second-order valence-corrected chi connectivity index (χ2v) is 10.0. The molecular formula is C24H27F3N2O7. The van der Waals surface area contributed by atoms with Crippen molar-refractivity contribution >= 4 is 23.0 Å². The van der Waals surface area contributed by atoms with E-state index in [0.29, 0.717) is 11.2 Å². The molecule has 1 spiro atoms. The molecular weight excluding hydrogens is 485 g/mol. The predicted octanol–water partition coefficient (Wildman–Crippen LogP) is 4.18. The number of ether oxygens (including phenoxy) is 4. The van der Waals surface area contributed by atoms with Gasteiger partial charge in [0.1, 0.15) is 28.7 Å². The lowest BCUT2D eigenvalue weighted by molar-refractivity contribution is -0.274. The average molecular weight is 512 g/mol. The van der Waals surface area contributed by atoms with E-state index in [0.717, 1.165) is 12.1 Å². The van der Waals surface area contributed by atoms with Gasteiger partial charge in [-0.3, -0.25) is 4.90 Å². The van der Waals surface area contributed by atoms with E-state index in [1.807, 2.05) is 0 Å². The van der Waals surface area contributed by atoms with Crippen LogP contribution in [-0.2, 0) is 14.3 Å². The zero-order chi connectivity index (χ0) is 26.6. The number of nitrogens with zero attached hydrogens (tertiary/aromatic N) is 2. The lowest BCUT2D eigenvalue weighted by atomic mass is 9.85. The number of aliphatic hydroxyl groups excluding tert-OH is 1. The molecule has 2 aliphatic heterocycles. The van der Waals surface area contributed by atoms with Gasteiger partial charge < -0.3 is 24.1 Å². The molecule has 3 unspecified atom stereocenters. The van der Waals surface area contributed by atoms with Crippen molar-refractivity contribution in [3.05, 3.63) is 29.5 Å². The number of carbonyl (C=O) groups excluding carboxylic acids is 2. The summed E-state index contributed by atoms with van der Waals surface area (Å²) in [5, 5.41) is 11.4. The summed E-state index contributed by atoms with van der Waals surface area (Å²) in [6.07, 6.45) is -6.82. The van der Waals surface area contributed by atoms with E-state index in [-0.39, 0.29) is 36.1 Å². The number of halogens is 3. The molecule has 0 radical (unpaired) electrons. The number of rotatable bonds is 2. The Balaban J connectivity index is 1.74. The smallest absolute Gasteiger partial charge is 0.483 e. The molecule has 36 heavy (non-hydrogen) atoms. The van der Waals surface area contributed by atoms with E-state index in [2.05, 4.69) is 9.72 Å². The summed E-state index contributed by atoms with van der Waals surface area (Å²) in [5.41, 5.74) is -0.981. The van der Waals surface area contributed by atoms with Crippen LogP contribution in [0.25, 0.3) is 10.9 Å². The van der Waals surface area contributed by atoms with Crippen molar-refractivity contribution in [2.24, 2.45) is 0 Å². The number of carbonyl (C=O) groups is 2. The van der Waals surface area contributed by atoms with Crippen LogP contribution < -0.4 is 9.47 Å². The van der Waals surface area contributed by atoms with Crippen molar-refractivity contribution in [2.75, 3.05) is 13.7 Å². The van der Waals surface area contributed by atoms with E-state index < -0.39 is 47.5 Å². The third-order valence-electron chi connectivity index (χ3n) is 6.07. The van der Waals surface area contributed by atoms with Gasteiger partial charge >= 0.3 is 18.4 Å². The molecule has 9 nitrogen and oxygen atoms in total. The zero-order valence-corrected chi connectivity index (χ0v) is 20.4. The van der Waals surface area contributed by atoms with Crippen LogP contribution in [0.5, 0.6) is 11.5 Å². The fraction of sp³-hybridized carbons (Fsp3) is 0.542. The van der Waals surface area contributed by atoms with E-state index in [1.165, 1.54) is 18.1 Å². The first-order chi connectivity index (χ1) is 16.6. The SMILES string of the molecule is COC(=O)C1CC2(CC(O)c3c(c(C)nc4ccc(OC(F)(F)F)cc34)O2)CN1C(=O)OC(C)(C)C. The topological polar surface area (TPSA) is 107 Å². The lowest BCUT2D eigenvalue weighted by Gasteiger charge is -2.39. The van der Waals surface area contributed by atoms with Gasteiger partial charge in [-0.05, 0) is 45.9 Å². The predicted molar refractivity (Wildman–Crippen MR) is 119 cm³/mol. The van der Waals surface area contributed by atoms with Gasteiger partial charge in [0.15, 0.2) is 0 Å². The Kier molecular flexibility index (Phi) is 6.22. The van der Waals surface area contributed by atoms with Crippen molar-refractivity contribution < 1.29 is 46.8 Å². The molecule has 3 heterocycles. The fourth-order valence-corrected chi connectivity index (χ4v) is 4.77. The molecule has 2 aromatic rings. The maximum absolute atomic E-state index is 12.9. The molecule has 1 aromatic heterocycles. The minimum atomic E-state index is -4.89. The summed E-state index contributed by atoms with van der Waals surface area (Å²) in [4.78, 5) is 31.1.